The molecule has 0 amide bonds. The first-order valence-electron chi connectivity index (χ1n) is 7.61. The Bertz CT molecular complexity index is 634. The highest BCUT2D eigenvalue weighted by molar-refractivity contribution is 5.61. The quantitative estimate of drug-likeness (QED) is 0.859. The van der Waals surface area contributed by atoms with Crippen molar-refractivity contribution >= 4 is 5.69 Å². The second kappa shape index (κ2) is 5.13. The van der Waals surface area contributed by atoms with Gasteiger partial charge in [-0.25, -0.2) is 4.68 Å². The van der Waals surface area contributed by atoms with Crippen LogP contribution in [0, 0.1) is 12.3 Å². The highest BCUT2D eigenvalue weighted by Gasteiger charge is 2.29. The van der Waals surface area contributed by atoms with Crippen LogP contribution < -0.4 is 5.73 Å². The molecule has 0 radical (unpaired) electrons. The van der Waals surface area contributed by atoms with Gasteiger partial charge >= 0.3 is 0 Å². The van der Waals surface area contributed by atoms with Gasteiger partial charge in [-0.3, -0.25) is 0 Å². The fraction of sp³-hybridized carbons (Fsp3) is 0.562. The van der Waals surface area contributed by atoms with E-state index in [-0.39, 0.29) is 0 Å². The first-order valence-corrected chi connectivity index (χ1v) is 7.61. The number of aromatic nitrogens is 4. The van der Waals surface area contributed by atoms with Gasteiger partial charge in [0.2, 0.25) is 0 Å². The van der Waals surface area contributed by atoms with E-state index in [1.807, 2.05) is 23.7 Å². The van der Waals surface area contributed by atoms with Crippen LogP contribution in [-0.2, 0) is 0 Å². The normalized spacial score (nSPS) is 18.8. The zero-order chi connectivity index (χ0) is 15.0. The molecule has 1 saturated carbocycles. The molecule has 21 heavy (non-hydrogen) atoms. The summed E-state index contributed by atoms with van der Waals surface area (Å²) in [4.78, 5) is 0. The van der Waals surface area contributed by atoms with Crippen molar-refractivity contribution in [3.05, 3.63) is 23.8 Å². The maximum absolute atomic E-state index is 5.89. The Morgan fingerprint density at radius 3 is 2.62 bits per heavy atom. The molecule has 0 saturated heterocycles. The third-order valence-corrected chi connectivity index (χ3v) is 4.68. The molecule has 2 aromatic rings. The van der Waals surface area contributed by atoms with Gasteiger partial charge in [0.15, 0.2) is 5.82 Å². The number of nitrogens with zero attached hydrogens (tertiary/aromatic N) is 4. The van der Waals surface area contributed by atoms with E-state index < -0.39 is 0 Å². The largest absolute Gasteiger partial charge is 0.399 e. The number of aryl methyl sites for hydroxylation is 1. The van der Waals surface area contributed by atoms with Crippen LogP contribution in [-0.4, -0.2) is 20.2 Å². The maximum atomic E-state index is 5.89. The minimum Gasteiger partial charge on any atom is -0.399 e. The van der Waals surface area contributed by atoms with Gasteiger partial charge in [-0.15, -0.1) is 5.10 Å². The number of hydrogen-bond acceptors (Lipinski definition) is 4. The average molecular weight is 285 g/mol. The van der Waals surface area contributed by atoms with Gasteiger partial charge in [0.1, 0.15) is 0 Å². The third kappa shape index (κ3) is 2.77. The van der Waals surface area contributed by atoms with Crippen LogP contribution in [0.4, 0.5) is 5.69 Å². The summed E-state index contributed by atoms with van der Waals surface area (Å²) < 4.78 is 2.00. The number of rotatable bonds is 2. The Morgan fingerprint density at radius 1 is 1.24 bits per heavy atom. The molecule has 0 bridgehead atoms. The lowest BCUT2D eigenvalue weighted by Crippen LogP contribution is -2.24. The van der Waals surface area contributed by atoms with E-state index in [2.05, 4.69) is 35.4 Å². The second-order valence-corrected chi connectivity index (χ2v) is 6.91. The molecule has 5 heteroatoms. The Balaban J connectivity index is 1.89. The first-order chi connectivity index (χ1) is 9.96. The van der Waals surface area contributed by atoms with E-state index in [0.717, 1.165) is 35.5 Å². The molecule has 1 heterocycles. The summed E-state index contributed by atoms with van der Waals surface area (Å²) in [5, 5.41) is 12.4. The predicted octanol–water partition coefficient (Wildman–Crippen LogP) is 3.37. The average Bonchev–Trinajstić information content (AvgIpc) is 2.91. The van der Waals surface area contributed by atoms with E-state index >= 15 is 0 Å². The van der Waals surface area contributed by atoms with Crippen molar-refractivity contribution < 1.29 is 0 Å². The van der Waals surface area contributed by atoms with Gasteiger partial charge < -0.3 is 5.73 Å². The first kappa shape index (κ1) is 14.0. The smallest absolute Gasteiger partial charge is 0.182 e. The molecular weight excluding hydrogens is 262 g/mol. The third-order valence-electron chi connectivity index (χ3n) is 4.68. The maximum Gasteiger partial charge on any atom is 0.182 e. The highest BCUT2D eigenvalue weighted by Crippen LogP contribution is 2.40. The molecule has 1 aliphatic rings. The lowest BCUT2D eigenvalue weighted by molar-refractivity contribution is 0.185. The topological polar surface area (TPSA) is 69.6 Å². The molecule has 0 unspecified atom stereocenters. The number of benzene rings is 1. The van der Waals surface area contributed by atoms with Crippen molar-refractivity contribution in [2.45, 2.75) is 52.5 Å². The monoisotopic (exact) mass is 285 g/mol. The summed E-state index contributed by atoms with van der Waals surface area (Å²) in [6.07, 6.45) is 4.72. The van der Waals surface area contributed by atoms with Gasteiger partial charge in [0.25, 0.3) is 0 Å². The molecular formula is C16H23N5. The molecule has 1 aliphatic carbocycles. The molecule has 1 aromatic carbocycles. The molecule has 112 valence electrons. The summed E-state index contributed by atoms with van der Waals surface area (Å²) in [5.41, 5.74) is 9.24. The molecule has 5 nitrogen and oxygen atoms in total. The standard InChI is InChI=1S/C16H23N5/c1-11-10-12(4-5-14(11)17)15-18-19-20-21(15)13-6-8-16(2,3)9-7-13/h4-5,10,13H,6-9,17H2,1-3H3. The summed E-state index contributed by atoms with van der Waals surface area (Å²) in [6.45, 7) is 6.69. The Labute approximate surface area is 125 Å². The fourth-order valence-corrected chi connectivity index (χ4v) is 3.07. The number of nitrogen functional groups attached to an aromatic ring is 1. The number of tetrazole rings is 1. The van der Waals surface area contributed by atoms with Crippen LogP contribution in [0.15, 0.2) is 18.2 Å². The van der Waals surface area contributed by atoms with Gasteiger partial charge in [-0.05, 0) is 72.2 Å². The van der Waals surface area contributed by atoms with Crippen LogP contribution >= 0.6 is 0 Å². The van der Waals surface area contributed by atoms with E-state index in [4.69, 9.17) is 5.73 Å². The predicted molar refractivity (Wildman–Crippen MR) is 83.7 cm³/mol. The SMILES string of the molecule is Cc1cc(-c2nnnn2C2CCC(C)(C)CC2)ccc1N. The lowest BCUT2D eigenvalue weighted by atomic mass is 9.75. The zero-order valence-electron chi connectivity index (χ0n) is 13.0. The molecule has 1 aromatic heterocycles. The summed E-state index contributed by atoms with van der Waals surface area (Å²) in [6, 6.07) is 6.38. The number of nitrogens with two attached hydrogens (primary N) is 1. The van der Waals surface area contributed by atoms with Crippen molar-refractivity contribution in [3.8, 4) is 11.4 Å². The molecule has 3 rings (SSSR count). The van der Waals surface area contributed by atoms with Gasteiger partial charge in [-0.1, -0.05) is 13.8 Å². The molecule has 0 atom stereocenters. The van der Waals surface area contributed by atoms with Crippen molar-refractivity contribution in [2.24, 2.45) is 5.41 Å². The van der Waals surface area contributed by atoms with Crippen LogP contribution in [0.3, 0.4) is 0 Å². The molecule has 2 N–H and O–H groups in total. The van der Waals surface area contributed by atoms with Crippen LogP contribution in [0.5, 0.6) is 0 Å². The van der Waals surface area contributed by atoms with Crippen LogP contribution in [0.1, 0.15) is 51.1 Å². The van der Waals surface area contributed by atoms with Crippen molar-refractivity contribution in [3.63, 3.8) is 0 Å². The second-order valence-electron chi connectivity index (χ2n) is 6.91. The Kier molecular flexibility index (Phi) is 3.43. The van der Waals surface area contributed by atoms with Crippen molar-refractivity contribution in [1.82, 2.24) is 20.2 Å². The summed E-state index contributed by atoms with van der Waals surface area (Å²) >= 11 is 0. The van der Waals surface area contributed by atoms with E-state index in [0.29, 0.717) is 11.5 Å². The highest BCUT2D eigenvalue weighted by atomic mass is 15.5. The minimum atomic E-state index is 0.404. The summed E-state index contributed by atoms with van der Waals surface area (Å²) in [7, 11) is 0. The lowest BCUT2D eigenvalue weighted by Gasteiger charge is -2.34. The Hall–Kier alpha value is -1.91. The van der Waals surface area contributed by atoms with Gasteiger partial charge in [0.05, 0.1) is 6.04 Å². The number of hydrogen-bond donors (Lipinski definition) is 1. The van der Waals surface area contributed by atoms with Crippen molar-refractivity contribution in [1.29, 1.82) is 0 Å². The summed E-state index contributed by atoms with van der Waals surface area (Å²) in [5.74, 6) is 0.850. The van der Waals surface area contributed by atoms with Crippen molar-refractivity contribution in [2.75, 3.05) is 5.73 Å². The van der Waals surface area contributed by atoms with E-state index in [9.17, 15) is 0 Å². The zero-order valence-corrected chi connectivity index (χ0v) is 13.0. The van der Waals surface area contributed by atoms with Crippen LogP contribution in [0.25, 0.3) is 11.4 Å². The molecule has 1 fully saturated rings. The molecule has 0 aliphatic heterocycles. The molecule has 0 spiro atoms. The van der Waals surface area contributed by atoms with E-state index in [1.165, 1.54) is 12.8 Å². The Morgan fingerprint density at radius 2 is 1.95 bits per heavy atom. The minimum absolute atomic E-state index is 0.404. The van der Waals surface area contributed by atoms with Gasteiger partial charge in [-0.2, -0.15) is 0 Å². The number of anilines is 1. The fourth-order valence-electron chi connectivity index (χ4n) is 3.07. The van der Waals surface area contributed by atoms with E-state index in [1.54, 1.807) is 0 Å². The van der Waals surface area contributed by atoms with Gasteiger partial charge in [0, 0.05) is 11.3 Å². The van der Waals surface area contributed by atoms with Crippen LogP contribution in [0.2, 0.25) is 0 Å².